The van der Waals surface area contributed by atoms with E-state index in [1.165, 1.54) is 0 Å². The van der Waals surface area contributed by atoms with Gasteiger partial charge in [-0.2, -0.15) is 0 Å². The maximum atomic E-state index is 11.2. The Hall–Kier alpha value is -2.24. The summed E-state index contributed by atoms with van der Waals surface area (Å²) in [5, 5.41) is 13.1. The van der Waals surface area contributed by atoms with Gasteiger partial charge in [-0.05, 0) is 31.2 Å². The Bertz CT molecular complexity index is 389. The van der Waals surface area contributed by atoms with Crippen molar-refractivity contribution in [3.05, 3.63) is 24.3 Å². The lowest BCUT2D eigenvalue weighted by atomic mass is 10.3. The number of benzene rings is 1. The topological polar surface area (TPSA) is 87.7 Å². The molecule has 2 amide bonds. The third-order valence-electron chi connectivity index (χ3n) is 1.82. The molecule has 0 atom stereocenters. The Morgan fingerprint density at radius 3 is 2.47 bits per heavy atom. The van der Waals surface area contributed by atoms with Gasteiger partial charge in [0.05, 0.1) is 6.61 Å². The van der Waals surface area contributed by atoms with Crippen LogP contribution in [-0.2, 0) is 4.79 Å². The number of ether oxygens (including phenoxy) is 1. The van der Waals surface area contributed by atoms with Gasteiger partial charge in [0.2, 0.25) is 0 Å². The monoisotopic (exact) mass is 238 g/mol. The summed E-state index contributed by atoms with van der Waals surface area (Å²) in [6.07, 6.45) is 0. The highest BCUT2D eigenvalue weighted by molar-refractivity contribution is 5.91. The number of carboxylic acid groups (broad SMARTS) is 1. The minimum absolute atomic E-state index is 0.414. The Balaban J connectivity index is 2.45. The Morgan fingerprint density at radius 1 is 1.29 bits per heavy atom. The maximum absolute atomic E-state index is 11.2. The molecule has 0 aliphatic rings. The average molecular weight is 238 g/mol. The number of rotatable bonds is 5. The zero-order valence-corrected chi connectivity index (χ0v) is 9.40. The van der Waals surface area contributed by atoms with Crippen molar-refractivity contribution in [3.63, 3.8) is 0 Å². The first kappa shape index (κ1) is 12.8. The molecule has 0 fully saturated rings. The number of nitrogens with one attached hydrogen (secondary N) is 2. The Kier molecular flexibility index (Phi) is 4.80. The van der Waals surface area contributed by atoms with Crippen LogP contribution in [0.3, 0.4) is 0 Å². The summed E-state index contributed by atoms with van der Waals surface area (Å²) in [6.45, 7) is 2.04. The fraction of sp³-hybridized carbons (Fsp3) is 0.273. The maximum Gasteiger partial charge on any atom is 0.323 e. The zero-order valence-electron chi connectivity index (χ0n) is 9.40. The van der Waals surface area contributed by atoms with Crippen LogP contribution in [0.1, 0.15) is 6.92 Å². The molecule has 1 rings (SSSR count). The largest absolute Gasteiger partial charge is 0.494 e. The van der Waals surface area contributed by atoms with E-state index in [4.69, 9.17) is 9.84 Å². The fourth-order valence-electron chi connectivity index (χ4n) is 1.13. The molecule has 0 aliphatic carbocycles. The van der Waals surface area contributed by atoms with Gasteiger partial charge in [-0.15, -0.1) is 0 Å². The fourth-order valence-corrected chi connectivity index (χ4v) is 1.13. The van der Waals surface area contributed by atoms with E-state index < -0.39 is 18.5 Å². The first-order valence-electron chi connectivity index (χ1n) is 5.11. The highest BCUT2D eigenvalue weighted by Gasteiger charge is 2.03. The number of carbonyl (C=O) groups is 2. The van der Waals surface area contributed by atoms with Crippen LogP contribution < -0.4 is 15.4 Å². The van der Waals surface area contributed by atoms with Gasteiger partial charge in [-0.25, -0.2) is 4.79 Å². The second-order valence-corrected chi connectivity index (χ2v) is 3.16. The summed E-state index contributed by atoms with van der Waals surface area (Å²) in [6, 6.07) is 6.22. The molecule has 0 heterocycles. The molecule has 0 spiro atoms. The number of aliphatic carboxylic acids is 1. The van der Waals surface area contributed by atoms with Crippen LogP contribution in [0.4, 0.5) is 10.5 Å². The van der Waals surface area contributed by atoms with Gasteiger partial charge >= 0.3 is 12.0 Å². The zero-order chi connectivity index (χ0) is 12.7. The summed E-state index contributed by atoms with van der Waals surface area (Å²) in [5.74, 6) is -0.379. The molecule has 0 radical (unpaired) electrons. The van der Waals surface area contributed by atoms with Crippen molar-refractivity contribution in [1.82, 2.24) is 5.32 Å². The van der Waals surface area contributed by atoms with E-state index in [2.05, 4.69) is 10.6 Å². The van der Waals surface area contributed by atoms with E-state index in [9.17, 15) is 9.59 Å². The minimum atomic E-state index is -1.09. The van der Waals surface area contributed by atoms with Crippen molar-refractivity contribution in [2.45, 2.75) is 6.92 Å². The number of carboxylic acids is 1. The molecule has 3 N–H and O–H groups in total. The van der Waals surface area contributed by atoms with E-state index in [-0.39, 0.29) is 0 Å². The van der Waals surface area contributed by atoms with Crippen molar-refractivity contribution in [3.8, 4) is 5.75 Å². The molecular weight excluding hydrogens is 224 g/mol. The number of hydrogen-bond donors (Lipinski definition) is 3. The highest BCUT2D eigenvalue weighted by Crippen LogP contribution is 2.15. The number of carbonyl (C=O) groups excluding carboxylic acids is 1. The predicted molar refractivity (Wildman–Crippen MR) is 62.3 cm³/mol. The van der Waals surface area contributed by atoms with Gasteiger partial charge in [0.1, 0.15) is 12.3 Å². The van der Waals surface area contributed by atoms with Crippen LogP contribution in [0.15, 0.2) is 24.3 Å². The van der Waals surface area contributed by atoms with Gasteiger partial charge in [-0.3, -0.25) is 4.79 Å². The lowest BCUT2D eigenvalue weighted by molar-refractivity contribution is -0.135. The molecule has 1 aromatic rings. The Labute approximate surface area is 98.6 Å². The molecular formula is C11H14N2O4. The summed E-state index contributed by atoms with van der Waals surface area (Å²) in [4.78, 5) is 21.4. The highest BCUT2D eigenvalue weighted by atomic mass is 16.5. The van der Waals surface area contributed by atoms with Crippen molar-refractivity contribution < 1.29 is 19.4 Å². The van der Waals surface area contributed by atoms with Crippen LogP contribution in [0.5, 0.6) is 5.75 Å². The number of hydrogen-bond acceptors (Lipinski definition) is 3. The number of anilines is 1. The predicted octanol–water partition coefficient (Wildman–Crippen LogP) is 1.29. The standard InChI is InChI=1S/C11H14N2O4/c1-2-17-9-5-3-8(4-6-9)13-11(16)12-7-10(14)15/h3-6H,2,7H2,1H3,(H,14,15)(H2,12,13,16). The van der Waals surface area contributed by atoms with Gasteiger partial charge in [0, 0.05) is 5.69 Å². The minimum Gasteiger partial charge on any atom is -0.494 e. The molecule has 6 heteroatoms. The lowest BCUT2D eigenvalue weighted by Gasteiger charge is -2.07. The van der Waals surface area contributed by atoms with Crippen molar-refractivity contribution >= 4 is 17.7 Å². The summed E-state index contributed by atoms with van der Waals surface area (Å²) in [5.41, 5.74) is 0.566. The molecule has 0 unspecified atom stereocenters. The quantitative estimate of drug-likeness (QED) is 0.721. The van der Waals surface area contributed by atoms with Crippen molar-refractivity contribution in [2.24, 2.45) is 0 Å². The van der Waals surface area contributed by atoms with Crippen LogP contribution in [0.25, 0.3) is 0 Å². The van der Waals surface area contributed by atoms with E-state index in [1.54, 1.807) is 24.3 Å². The average Bonchev–Trinajstić information content (AvgIpc) is 2.29. The van der Waals surface area contributed by atoms with Crippen LogP contribution in [0.2, 0.25) is 0 Å². The SMILES string of the molecule is CCOc1ccc(NC(=O)NCC(=O)O)cc1. The number of amides is 2. The van der Waals surface area contributed by atoms with Gasteiger partial charge in [-0.1, -0.05) is 0 Å². The van der Waals surface area contributed by atoms with Crippen LogP contribution >= 0.6 is 0 Å². The van der Waals surface area contributed by atoms with E-state index >= 15 is 0 Å². The first-order valence-corrected chi connectivity index (χ1v) is 5.11. The number of urea groups is 1. The molecule has 0 aliphatic heterocycles. The Morgan fingerprint density at radius 2 is 1.94 bits per heavy atom. The summed E-state index contributed by atoms with van der Waals surface area (Å²) < 4.78 is 5.24. The second-order valence-electron chi connectivity index (χ2n) is 3.16. The molecule has 92 valence electrons. The molecule has 17 heavy (non-hydrogen) atoms. The molecule has 0 saturated heterocycles. The van der Waals surface area contributed by atoms with Crippen molar-refractivity contribution in [2.75, 3.05) is 18.5 Å². The molecule has 0 saturated carbocycles. The molecule has 0 bridgehead atoms. The second kappa shape index (κ2) is 6.37. The third kappa shape index (κ3) is 4.87. The van der Waals surface area contributed by atoms with Crippen molar-refractivity contribution in [1.29, 1.82) is 0 Å². The first-order chi connectivity index (χ1) is 8.11. The molecule has 1 aromatic carbocycles. The summed E-state index contributed by atoms with van der Waals surface area (Å²) >= 11 is 0. The van der Waals surface area contributed by atoms with Gasteiger partial charge < -0.3 is 20.5 Å². The van der Waals surface area contributed by atoms with E-state index in [0.29, 0.717) is 18.0 Å². The molecule has 6 nitrogen and oxygen atoms in total. The van der Waals surface area contributed by atoms with Crippen LogP contribution in [-0.4, -0.2) is 30.3 Å². The normalized spacial score (nSPS) is 9.47. The van der Waals surface area contributed by atoms with Gasteiger partial charge in [0.15, 0.2) is 0 Å². The molecule has 0 aromatic heterocycles. The van der Waals surface area contributed by atoms with E-state index in [0.717, 1.165) is 0 Å². The van der Waals surface area contributed by atoms with Gasteiger partial charge in [0.25, 0.3) is 0 Å². The van der Waals surface area contributed by atoms with E-state index in [1.807, 2.05) is 6.92 Å². The third-order valence-corrected chi connectivity index (χ3v) is 1.82. The summed E-state index contributed by atoms with van der Waals surface area (Å²) in [7, 11) is 0. The smallest absolute Gasteiger partial charge is 0.323 e. The van der Waals surface area contributed by atoms with Crippen LogP contribution in [0, 0.1) is 0 Å². The lowest BCUT2D eigenvalue weighted by Crippen LogP contribution is -2.33.